The summed E-state index contributed by atoms with van der Waals surface area (Å²) in [5.74, 6) is -0.270. The Morgan fingerprint density at radius 1 is 1.00 bits per heavy atom. The van der Waals surface area contributed by atoms with Crippen LogP contribution in [0.4, 0.5) is 20.2 Å². The van der Waals surface area contributed by atoms with Crippen LogP contribution >= 0.6 is 0 Å². The van der Waals surface area contributed by atoms with Crippen molar-refractivity contribution in [2.45, 2.75) is 33.0 Å². The van der Waals surface area contributed by atoms with Gasteiger partial charge in [-0.15, -0.1) is 0 Å². The number of benzene rings is 2. The average Bonchev–Trinajstić information content (AvgIpc) is 2.55. The minimum atomic E-state index is -2.93. The van der Waals surface area contributed by atoms with Gasteiger partial charge < -0.3 is 19.5 Å². The van der Waals surface area contributed by atoms with Crippen LogP contribution in [0.25, 0.3) is 0 Å². The maximum atomic E-state index is 12.4. The van der Waals surface area contributed by atoms with E-state index in [9.17, 15) is 13.6 Å². The highest BCUT2D eigenvalue weighted by Gasteiger charge is 2.17. The molecule has 0 fully saturated rings. The Morgan fingerprint density at radius 2 is 1.62 bits per heavy atom. The molecule has 1 N–H and O–H groups in total. The third-order valence-corrected chi connectivity index (χ3v) is 3.19. The fraction of sp³-hybridized carbons (Fsp3) is 0.316. The smallest absolute Gasteiger partial charge is 0.387 e. The number of methoxy groups -OCH3 is 1. The van der Waals surface area contributed by atoms with Gasteiger partial charge >= 0.3 is 12.6 Å². The number of hydrogen-bond donors (Lipinski definition) is 1. The topological polar surface area (TPSA) is 56.8 Å². The molecular weight excluding hydrogens is 344 g/mol. The Morgan fingerprint density at radius 3 is 2.15 bits per heavy atom. The second kappa shape index (κ2) is 8.03. The van der Waals surface area contributed by atoms with Crippen molar-refractivity contribution in [3.8, 4) is 11.5 Å². The van der Waals surface area contributed by atoms with Crippen LogP contribution in [0.15, 0.2) is 42.5 Å². The minimum absolute atomic E-state index is 0.0478. The number of hydrogen-bond acceptors (Lipinski definition) is 5. The largest absolute Gasteiger partial charge is 0.493 e. The number of nitrogens with one attached hydrogen (secondary N) is 1. The Balaban J connectivity index is 2.10. The molecule has 140 valence electrons. The first kappa shape index (κ1) is 19.5. The predicted molar refractivity (Wildman–Crippen MR) is 94.5 cm³/mol. The number of carbonyl (C=O) groups excluding carboxylic acids is 1. The highest BCUT2D eigenvalue weighted by molar-refractivity contribution is 5.90. The predicted octanol–water partition coefficient (Wildman–Crippen LogP) is 5.00. The lowest BCUT2D eigenvalue weighted by Gasteiger charge is -2.19. The van der Waals surface area contributed by atoms with Crippen LogP contribution in [0.1, 0.15) is 31.1 Å². The van der Waals surface area contributed by atoms with Crippen LogP contribution in [-0.2, 0) is 4.74 Å². The standard InChI is InChI=1S/C19H21F2NO4/c1-19(2,3)26-17(23)12-5-7-13(8-6-12)22-14-9-10-15(25-18(20)21)16(11-14)24-4/h5-11,18,22H,1-4H3. The molecule has 0 amide bonds. The van der Waals surface area contributed by atoms with E-state index < -0.39 is 18.2 Å². The summed E-state index contributed by atoms with van der Waals surface area (Å²) in [6.45, 7) is 2.48. The second-order valence-corrected chi connectivity index (χ2v) is 6.45. The van der Waals surface area contributed by atoms with Crippen molar-refractivity contribution >= 4 is 17.3 Å². The summed E-state index contributed by atoms with van der Waals surface area (Å²) in [5.41, 5.74) is 1.20. The van der Waals surface area contributed by atoms with Crippen molar-refractivity contribution < 1.29 is 27.8 Å². The summed E-state index contributed by atoms with van der Waals surface area (Å²) in [6.07, 6.45) is 0. The van der Waals surface area contributed by atoms with Crippen LogP contribution < -0.4 is 14.8 Å². The Hall–Kier alpha value is -2.83. The number of esters is 1. The van der Waals surface area contributed by atoms with Crippen molar-refractivity contribution in [3.05, 3.63) is 48.0 Å². The van der Waals surface area contributed by atoms with Gasteiger partial charge in [0.25, 0.3) is 0 Å². The lowest BCUT2D eigenvalue weighted by atomic mass is 10.1. The van der Waals surface area contributed by atoms with Crippen molar-refractivity contribution in [1.29, 1.82) is 0 Å². The molecule has 26 heavy (non-hydrogen) atoms. The van der Waals surface area contributed by atoms with E-state index in [2.05, 4.69) is 10.1 Å². The molecule has 7 heteroatoms. The van der Waals surface area contributed by atoms with E-state index in [1.165, 1.54) is 13.2 Å². The van der Waals surface area contributed by atoms with E-state index in [-0.39, 0.29) is 11.5 Å². The van der Waals surface area contributed by atoms with E-state index in [1.807, 2.05) is 0 Å². The van der Waals surface area contributed by atoms with Crippen LogP contribution in [0.3, 0.4) is 0 Å². The number of rotatable bonds is 6. The molecule has 2 rings (SSSR count). The summed E-state index contributed by atoms with van der Waals surface area (Å²) in [5, 5.41) is 3.10. The van der Waals surface area contributed by atoms with Crippen LogP contribution in [-0.4, -0.2) is 25.3 Å². The first-order valence-corrected chi connectivity index (χ1v) is 7.91. The van der Waals surface area contributed by atoms with Crippen LogP contribution in [0.2, 0.25) is 0 Å². The number of alkyl halides is 2. The summed E-state index contributed by atoms with van der Waals surface area (Å²) in [6, 6.07) is 11.2. The Bertz CT molecular complexity index is 755. The third kappa shape index (κ3) is 5.61. The molecule has 0 saturated carbocycles. The van der Waals surface area contributed by atoms with Crippen molar-refractivity contribution in [3.63, 3.8) is 0 Å². The van der Waals surface area contributed by atoms with E-state index in [1.54, 1.807) is 57.2 Å². The van der Waals surface area contributed by atoms with Gasteiger partial charge in [-0.25, -0.2) is 4.79 Å². The maximum Gasteiger partial charge on any atom is 0.387 e. The van der Waals surface area contributed by atoms with Crippen molar-refractivity contribution in [1.82, 2.24) is 0 Å². The van der Waals surface area contributed by atoms with E-state index >= 15 is 0 Å². The summed E-state index contributed by atoms with van der Waals surface area (Å²) < 4.78 is 39.5. The Labute approximate surface area is 150 Å². The molecule has 0 atom stereocenters. The Kier molecular flexibility index (Phi) is 6.02. The van der Waals surface area contributed by atoms with Gasteiger partial charge in [-0.2, -0.15) is 8.78 Å². The zero-order chi connectivity index (χ0) is 19.3. The maximum absolute atomic E-state index is 12.4. The van der Waals surface area contributed by atoms with Crippen LogP contribution in [0, 0.1) is 0 Å². The second-order valence-electron chi connectivity index (χ2n) is 6.45. The SMILES string of the molecule is COc1cc(Nc2ccc(C(=O)OC(C)(C)C)cc2)ccc1OC(F)F. The van der Waals surface area contributed by atoms with Gasteiger partial charge in [0.05, 0.1) is 12.7 Å². The lowest BCUT2D eigenvalue weighted by Crippen LogP contribution is -2.23. The molecule has 0 spiro atoms. The third-order valence-electron chi connectivity index (χ3n) is 3.19. The normalized spacial score (nSPS) is 11.2. The summed E-state index contributed by atoms with van der Waals surface area (Å²) >= 11 is 0. The molecule has 0 aliphatic carbocycles. The molecule has 0 unspecified atom stereocenters. The molecular formula is C19H21F2NO4. The molecule has 0 bridgehead atoms. The molecule has 0 radical (unpaired) electrons. The zero-order valence-corrected chi connectivity index (χ0v) is 15.0. The van der Waals surface area contributed by atoms with Gasteiger partial charge in [0.2, 0.25) is 0 Å². The summed E-state index contributed by atoms with van der Waals surface area (Å²) in [7, 11) is 1.37. The molecule has 2 aromatic rings. The quantitative estimate of drug-likeness (QED) is 0.731. The van der Waals surface area contributed by atoms with E-state index in [4.69, 9.17) is 9.47 Å². The van der Waals surface area contributed by atoms with E-state index in [0.29, 0.717) is 16.9 Å². The van der Waals surface area contributed by atoms with Gasteiger partial charge in [-0.3, -0.25) is 0 Å². The molecule has 0 heterocycles. The van der Waals surface area contributed by atoms with Crippen molar-refractivity contribution in [2.24, 2.45) is 0 Å². The number of ether oxygens (including phenoxy) is 3. The fourth-order valence-corrected chi connectivity index (χ4v) is 2.13. The molecule has 0 aliphatic heterocycles. The molecule has 2 aromatic carbocycles. The molecule has 0 aromatic heterocycles. The number of anilines is 2. The number of carbonyl (C=O) groups is 1. The molecule has 5 nitrogen and oxygen atoms in total. The highest BCUT2D eigenvalue weighted by atomic mass is 19.3. The monoisotopic (exact) mass is 365 g/mol. The first-order chi connectivity index (χ1) is 12.2. The van der Waals surface area contributed by atoms with Gasteiger partial charge in [0.1, 0.15) is 5.60 Å². The molecule has 0 aliphatic rings. The van der Waals surface area contributed by atoms with Gasteiger partial charge in [0, 0.05) is 17.4 Å². The lowest BCUT2D eigenvalue weighted by molar-refractivity contribution is -0.0512. The highest BCUT2D eigenvalue weighted by Crippen LogP contribution is 2.32. The summed E-state index contributed by atoms with van der Waals surface area (Å²) in [4.78, 5) is 12.0. The first-order valence-electron chi connectivity index (χ1n) is 7.91. The number of halogens is 2. The van der Waals surface area contributed by atoms with E-state index in [0.717, 1.165) is 0 Å². The van der Waals surface area contributed by atoms with Crippen LogP contribution in [0.5, 0.6) is 11.5 Å². The molecule has 0 saturated heterocycles. The average molecular weight is 365 g/mol. The minimum Gasteiger partial charge on any atom is -0.493 e. The van der Waals surface area contributed by atoms with Crippen molar-refractivity contribution in [2.75, 3.05) is 12.4 Å². The zero-order valence-electron chi connectivity index (χ0n) is 15.0. The van der Waals surface area contributed by atoms with Gasteiger partial charge in [-0.05, 0) is 57.2 Å². The van der Waals surface area contributed by atoms with Gasteiger partial charge in [-0.1, -0.05) is 0 Å². The fourth-order valence-electron chi connectivity index (χ4n) is 2.13. The van der Waals surface area contributed by atoms with Gasteiger partial charge in [0.15, 0.2) is 11.5 Å².